The highest BCUT2D eigenvalue weighted by Crippen LogP contribution is 2.20. The lowest BCUT2D eigenvalue weighted by atomic mass is 10.0. The molecule has 1 aliphatic rings. The number of oxime groups is 1. The molecule has 0 radical (unpaired) electrons. The molecule has 6 nitrogen and oxygen atoms in total. The lowest BCUT2D eigenvalue weighted by Crippen LogP contribution is -2.37. The van der Waals surface area contributed by atoms with Crippen LogP contribution in [0.3, 0.4) is 0 Å². The molecule has 130 valence electrons. The third kappa shape index (κ3) is 3.91. The van der Waals surface area contributed by atoms with Gasteiger partial charge in [-0.05, 0) is 42.0 Å². The van der Waals surface area contributed by atoms with Crippen LogP contribution in [0, 0.1) is 0 Å². The molecule has 0 aliphatic carbocycles. The first kappa shape index (κ1) is 16.8. The van der Waals surface area contributed by atoms with Crippen molar-refractivity contribution >= 4 is 11.6 Å². The molecule has 6 heteroatoms. The van der Waals surface area contributed by atoms with Crippen LogP contribution < -0.4 is 4.74 Å². The van der Waals surface area contributed by atoms with Crippen molar-refractivity contribution in [3.8, 4) is 5.75 Å². The maximum Gasteiger partial charge on any atom is 0.289 e. The first-order chi connectivity index (χ1) is 12.2. The Balaban J connectivity index is 1.63. The molecule has 2 heterocycles. The Hall–Kier alpha value is -3.02. The summed E-state index contributed by atoms with van der Waals surface area (Å²) in [4.78, 5) is 19.6. The summed E-state index contributed by atoms with van der Waals surface area (Å²) in [6.45, 7) is 4.54. The topological polar surface area (TPSA) is 64.3 Å². The molecule has 0 N–H and O–H groups in total. The number of nitrogens with zero attached hydrogens (tertiary/aromatic N) is 2. The molecular formula is C19H20N2O4. The van der Waals surface area contributed by atoms with E-state index in [-0.39, 0.29) is 12.0 Å². The Labute approximate surface area is 146 Å². The highest BCUT2D eigenvalue weighted by Gasteiger charge is 2.27. The highest BCUT2D eigenvalue weighted by molar-refractivity contribution is 6.01. The van der Waals surface area contributed by atoms with Crippen LogP contribution in [-0.4, -0.2) is 42.8 Å². The van der Waals surface area contributed by atoms with E-state index in [9.17, 15) is 4.79 Å². The second kappa shape index (κ2) is 7.70. The third-order valence-corrected chi connectivity index (χ3v) is 3.95. The molecule has 3 rings (SSSR count). The molecule has 25 heavy (non-hydrogen) atoms. The number of hydrogen-bond donors (Lipinski definition) is 0. The molecule has 0 saturated heterocycles. The molecular weight excluding hydrogens is 320 g/mol. The Morgan fingerprint density at radius 3 is 2.84 bits per heavy atom. The summed E-state index contributed by atoms with van der Waals surface area (Å²) in [5.41, 5.74) is 1.84. The summed E-state index contributed by atoms with van der Waals surface area (Å²) in [6, 6.07) is 11.0. The van der Waals surface area contributed by atoms with Crippen molar-refractivity contribution in [3.63, 3.8) is 0 Å². The van der Waals surface area contributed by atoms with Crippen LogP contribution in [0.5, 0.6) is 5.75 Å². The van der Waals surface area contributed by atoms with Crippen molar-refractivity contribution in [2.24, 2.45) is 5.16 Å². The zero-order chi connectivity index (χ0) is 17.6. The van der Waals surface area contributed by atoms with Crippen LogP contribution in [0.25, 0.3) is 0 Å². The van der Waals surface area contributed by atoms with Gasteiger partial charge in [-0.2, -0.15) is 0 Å². The monoisotopic (exact) mass is 340 g/mol. The van der Waals surface area contributed by atoms with E-state index in [2.05, 4.69) is 11.7 Å². The molecule has 1 aromatic carbocycles. The number of hydrogen-bond acceptors (Lipinski definition) is 5. The van der Waals surface area contributed by atoms with E-state index in [0.717, 1.165) is 17.0 Å². The van der Waals surface area contributed by atoms with E-state index in [1.807, 2.05) is 24.3 Å². The van der Waals surface area contributed by atoms with Crippen LogP contribution >= 0.6 is 0 Å². The largest absolute Gasteiger partial charge is 0.497 e. The maximum absolute atomic E-state index is 12.5. The van der Waals surface area contributed by atoms with Gasteiger partial charge in [0, 0.05) is 13.0 Å². The Kier molecular flexibility index (Phi) is 5.18. The average molecular weight is 340 g/mol. The van der Waals surface area contributed by atoms with E-state index in [0.29, 0.717) is 25.3 Å². The Bertz CT molecular complexity index is 750. The molecule has 0 saturated carbocycles. The number of benzene rings is 1. The molecule has 0 bridgehead atoms. The predicted octanol–water partition coefficient (Wildman–Crippen LogP) is 3.11. The van der Waals surface area contributed by atoms with Crippen molar-refractivity contribution in [2.75, 3.05) is 20.2 Å². The summed E-state index contributed by atoms with van der Waals surface area (Å²) >= 11 is 0. The van der Waals surface area contributed by atoms with E-state index < -0.39 is 0 Å². The first-order valence-corrected chi connectivity index (χ1v) is 8.02. The second-order valence-electron chi connectivity index (χ2n) is 5.67. The fraction of sp³-hybridized carbons (Fsp3) is 0.263. The van der Waals surface area contributed by atoms with Crippen molar-refractivity contribution in [1.82, 2.24) is 4.90 Å². The molecule has 1 aromatic heterocycles. The van der Waals surface area contributed by atoms with Crippen LogP contribution in [0.2, 0.25) is 0 Å². The minimum absolute atomic E-state index is 0.189. The van der Waals surface area contributed by atoms with Gasteiger partial charge in [-0.15, -0.1) is 6.58 Å². The van der Waals surface area contributed by atoms with Gasteiger partial charge in [0.05, 0.1) is 25.6 Å². The van der Waals surface area contributed by atoms with Gasteiger partial charge in [0.15, 0.2) is 11.9 Å². The number of amides is 1. The van der Waals surface area contributed by atoms with Gasteiger partial charge in [-0.3, -0.25) is 4.79 Å². The lowest BCUT2D eigenvalue weighted by Gasteiger charge is -2.22. The Morgan fingerprint density at radius 1 is 1.40 bits per heavy atom. The quantitative estimate of drug-likeness (QED) is 0.727. The normalized spacial score (nSPS) is 16.0. The van der Waals surface area contributed by atoms with Crippen LogP contribution in [-0.2, 0) is 4.84 Å². The van der Waals surface area contributed by atoms with Gasteiger partial charge < -0.3 is 18.9 Å². The number of ether oxygens (including phenoxy) is 1. The van der Waals surface area contributed by atoms with Gasteiger partial charge in [-0.1, -0.05) is 11.2 Å². The van der Waals surface area contributed by atoms with Crippen LogP contribution in [0.4, 0.5) is 0 Å². The molecule has 1 amide bonds. The van der Waals surface area contributed by atoms with Crippen molar-refractivity contribution in [2.45, 2.75) is 12.5 Å². The molecule has 0 spiro atoms. The predicted molar refractivity (Wildman–Crippen MR) is 93.8 cm³/mol. The highest BCUT2D eigenvalue weighted by atomic mass is 16.6. The number of rotatable bonds is 7. The third-order valence-electron chi connectivity index (χ3n) is 3.95. The smallest absolute Gasteiger partial charge is 0.289 e. The van der Waals surface area contributed by atoms with Crippen molar-refractivity contribution in [3.05, 3.63) is 66.6 Å². The maximum atomic E-state index is 12.5. The average Bonchev–Trinajstić information content (AvgIpc) is 3.33. The van der Waals surface area contributed by atoms with Gasteiger partial charge in [0.25, 0.3) is 5.91 Å². The molecule has 1 atom stereocenters. The van der Waals surface area contributed by atoms with Crippen molar-refractivity contribution < 1.29 is 18.8 Å². The zero-order valence-corrected chi connectivity index (χ0v) is 14.1. The number of carbonyl (C=O) groups is 1. The van der Waals surface area contributed by atoms with E-state index in [1.165, 1.54) is 6.26 Å². The van der Waals surface area contributed by atoms with Crippen molar-refractivity contribution in [1.29, 1.82) is 0 Å². The lowest BCUT2D eigenvalue weighted by molar-refractivity contribution is 0.0432. The van der Waals surface area contributed by atoms with Gasteiger partial charge in [0.1, 0.15) is 5.75 Å². The second-order valence-corrected chi connectivity index (χ2v) is 5.67. The fourth-order valence-corrected chi connectivity index (χ4v) is 2.68. The number of furan rings is 1. The minimum atomic E-state index is -0.198. The van der Waals surface area contributed by atoms with Crippen LogP contribution in [0.1, 0.15) is 22.5 Å². The van der Waals surface area contributed by atoms with Gasteiger partial charge in [0.2, 0.25) is 0 Å². The van der Waals surface area contributed by atoms with E-state index in [1.54, 1.807) is 30.2 Å². The molecule has 1 unspecified atom stereocenters. The molecule has 1 aliphatic heterocycles. The number of methoxy groups -OCH3 is 1. The SMILES string of the molecule is C=CCN(CC1CC(c2ccc(OC)cc2)=NO1)C(=O)c1ccco1. The summed E-state index contributed by atoms with van der Waals surface area (Å²) in [5.74, 6) is 0.906. The first-order valence-electron chi connectivity index (χ1n) is 8.02. The standard InChI is InChI=1S/C19H20N2O4/c1-3-10-21(19(22)18-5-4-11-24-18)13-16-12-17(20-25-16)14-6-8-15(23-2)9-7-14/h3-9,11,16H,1,10,12-13H2,2H3. The summed E-state index contributed by atoms with van der Waals surface area (Å²) < 4.78 is 10.4. The fourth-order valence-electron chi connectivity index (χ4n) is 2.68. The van der Waals surface area contributed by atoms with Crippen LogP contribution in [0.15, 0.2) is 64.9 Å². The minimum Gasteiger partial charge on any atom is -0.497 e. The molecule has 2 aromatic rings. The number of carbonyl (C=O) groups excluding carboxylic acids is 1. The van der Waals surface area contributed by atoms with Gasteiger partial charge in [-0.25, -0.2) is 0 Å². The zero-order valence-electron chi connectivity index (χ0n) is 14.1. The summed E-state index contributed by atoms with van der Waals surface area (Å²) in [5, 5.41) is 4.17. The Morgan fingerprint density at radius 2 is 2.20 bits per heavy atom. The molecule has 0 fully saturated rings. The summed E-state index contributed by atoms with van der Waals surface area (Å²) in [6.07, 6.45) is 3.60. The summed E-state index contributed by atoms with van der Waals surface area (Å²) in [7, 11) is 1.63. The van der Waals surface area contributed by atoms with Gasteiger partial charge >= 0.3 is 0 Å². The van der Waals surface area contributed by atoms with E-state index in [4.69, 9.17) is 14.0 Å². The van der Waals surface area contributed by atoms with E-state index >= 15 is 0 Å².